The van der Waals surface area contributed by atoms with Gasteiger partial charge in [-0.15, -0.1) is 0 Å². The minimum absolute atomic E-state index is 0.0676. The first kappa shape index (κ1) is 7.30. The van der Waals surface area contributed by atoms with Crippen molar-refractivity contribution in [3.8, 4) is 0 Å². The summed E-state index contributed by atoms with van der Waals surface area (Å²) < 4.78 is 1.72. The van der Waals surface area contributed by atoms with Gasteiger partial charge in [-0.2, -0.15) is 10.1 Å². The Hall–Kier alpha value is -1.36. The number of hydrogen-bond donors (Lipinski definition) is 2. The molecule has 0 aromatic carbocycles. The summed E-state index contributed by atoms with van der Waals surface area (Å²) in [4.78, 5) is 4.00. The zero-order chi connectivity index (χ0) is 8.55. The molecule has 5 nitrogen and oxygen atoms in total. The van der Waals surface area contributed by atoms with Crippen LogP contribution < -0.4 is 5.32 Å². The van der Waals surface area contributed by atoms with Crippen molar-refractivity contribution < 1.29 is 5.11 Å². The predicted molar refractivity (Wildman–Crippen MR) is 43.4 cm³/mol. The SMILES string of the molecule is CC1=C(CO)Cn2ncnc2N1. The summed E-state index contributed by atoms with van der Waals surface area (Å²) in [6, 6.07) is 0. The van der Waals surface area contributed by atoms with Crippen LogP contribution >= 0.6 is 0 Å². The zero-order valence-electron chi connectivity index (χ0n) is 6.78. The third kappa shape index (κ3) is 0.984. The Bertz CT molecular complexity index is 328. The Morgan fingerprint density at radius 2 is 2.58 bits per heavy atom. The lowest BCUT2D eigenvalue weighted by Crippen LogP contribution is -2.19. The first-order valence-corrected chi connectivity index (χ1v) is 3.75. The van der Waals surface area contributed by atoms with Crippen molar-refractivity contribution in [2.24, 2.45) is 0 Å². The van der Waals surface area contributed by atoms with E-state index in [2.05, 4.69) is 15.4 Å². The van der Waals surface area contributed by atoms with E-state index in [0.29, 0.717) is 6.54 Å². The Labute approximate surface area is 69.7 Å². The van der Waals surface area contributed by atoms with Crippen LogP contribution in [0, 0.1) is 0 Å². The molecule has 2 N–H and O–H groups in total. The molecule has 0 saturated heterocycles. The van der Waals surface area contributed by atoms with E-state index in [9.17, 15) is 0 Å². The number of hydrogen-bond acceptors (Lipinski definition) is 4. The standard InChI is InChI=1S/C7H10N4O/c1-5-6(3-12)2-11-7(10-5)8-4-9-11/h4,12H,2-3H2,1H3,(H,8,9,10). The average Bonchev–Trinajstić information content (AvgIpc) is 2.49. The summed E-state index contributed by atoms with van der Waals surface area (Å²) in [5.74, 6) is 0.740. The Morgan fingerprint density at radius 3 is 3.33 bits per heavy atom. The van der Waals surface area contributed by atoms with Crippen molar-refractivity contribution in [2.45, 2.75) is 13.5 Å². The number of aliphatic hydroxyl groups excluding tert-OH is 1. The number of aliphatic hydroxyl groups is 1. The molecular formula is C7H10N4O. The van der Waals surface area contributed by atoms with Crippen LogP contribution in [0.2, 0.25) is 0 Å². The lowest BCUT2D eigenvalue weighted by Gasteiger charge is -2.18. The van der Waals surface area contributed by atoms with Gasteiger partial charge in [-0.25, -0.2) is 4.68 Å². The van der Waals surface area contributed by atoms with Crippen molar-refractivity contribution in [1.82, 2.24) is 14.8 Å². The van der Waals surface area contributed by atoms with Crippen molar-refractivity contribution in [2.75, 3.05) is 11.9 Å². The third-order valence-corrected chi connectivity index (χ3v) is 1.98. The van der Waals surface area contributed by atoms with Gasteiger partial charge in [-0.3, -0.25) is 0 Å². The molecule has 0 saturated carbocycles. The fourth-order valence-electron chi connectivity index (χ4n) is 1.20. The molecule has 0 aliphatic carbocycles. The van der Waals surface area contributed by atoms with E-state index in [1.165, 1.54) is 6.33 Å². The normalized spacial score (nSPS) is 15.8. The van der Waals surface area contributed by atoms with Crippen molar-refractivity contribution in [1.29, 1.82) is 0 Å². The molecular weight excluding hydrogens is 156 g/mol. The van der Waals surface area contributed by atoms with Crippen LogP contribution in [0.15, 0.2) is 17.6 Å². The Morgan fingerprint density at radius 1 is 1.75 bits per heavy atom. The maximum atomic E-state index is 8.97. The third-order valence-electron chi connectivity index (χ3n) is 1.98. The topological polar surface area (TPSA) is 63.0 Å². The van der Waals surface area contributed by atoms with Gasteiger partial charge in [0.2, 0.25) is 5.95 Å². The summed E-state index contributed by atoms with van der Waals surface area (Å²) in [6.45, 7) is 2.62. The predicted octanol–water partition coefficient (Wildman–Crippen LogP) is -0.0301. The van der Waals surface area contributed by atoms with E-state index in [1.807, 2.05) is 6.92 Å². The van der Waals surface area contributed by atoms with E-state index < -0.39 is 0 Å². The quantitative estimate of drug-likeness (QED) is 0.615. The summed E-state index contributed by atoms with van der Waals surface area (Å²) in [6.07, 6.45) is 1.50. The highest BCUT2D eigenvalue weighted by molar-refractivity contribution is 5.39. The van der Waals surface area contributed by atoms with Crippen LogP contribution in [0.1, 0.15) is 6.92 Å². The minimum atomic E-state index is 0.0676. The van der Waals surface area contributed by atoms with Crippen LogP contribution in [0.3, 0.4) is 0 Å². The highest BCUT2D eigenvalue weighted by atomic mass is 16.3. The molecule has 0 unspecified atom stereocenters. The number of rotatable bonds is 1. The Kier molecular flexibility index (Phi) is 1.58. The number of nitrogens with one attached hydrogen (secondary N) is 1. The van der Waals surface area contributed by atoms with Crippen molar-refractivity contribution >= 4 is 5.95 Å². The van der Waals surface area contributed by atoms with Gasteiger partial charge in [0.15, 0.2) is 0 Å². The van der Waals surface area contributed by atoms with Crippen LogP contribution in [0.5, 0.6) is 0 Å². The van der Waals surface area contributed by atoms with Gasteiger partial charge in [0.25, 0.3) is 0 Å². The molecule has 0 amide bonds. The highest BCUT2D eigenvalue weighted by Gasteiger charge is 2.14. The first-order chi connectivity index (χ1) is 5.81. The molecule has 1 aromatic rings. The molecule has 0 atom stereocenters. The van der Waals surface area contributed by atoms with Gasteiger partial charge in [0.1, 0.15) is 6.33 Å². The van der Waals surface area contributed by atoms with Crippen molar-refractivity contribution in [3.05, 3.63) is 17.6 Å². The fourth-order valence-corrected chi connectivity index (χ4v) is 1.20. The molecule has 1 aromatic heterocycles. The highest BCUT2D eigenvalue weighted by Crippen LogP contribution is 2.17. The molecule has 2 rings (SSSR count). The maximum absolute atomic E-state index is 8.97. The van der Waals surface area contributed by atoms with E-state index in [1.54, 1.807) is 4.68 Å². The van der Waals surface area contributed by atoms with Crippen LogP contribution in [0.4, 0.5) is 5.95 Å². The Balaban J connectivity index is 2.34. The molecule has 0 fully saturated rings. The van der Waals surface area contributed by atoms with Crippen LogP contribution in [0.25, 0.3) is 0 Å². The fraction of sp³-hybridized carbons (Fsp3) is 0.429. The molecule has 1 aliphatic heterocycles. The lowest BCUT2D eigenvalue weighted by atomic mass is 10.2. The monoisotopic (exact) mass is 166 g/mol. The van der Waals surface area contributed by atoms with Crippen LogP contribution in [-0.2, 0) is 6.54 Å². The molecule has 64 valence electrons. The molecule has 0 bridgehead atoms. The molecule has 0 spiro atoms. The van der Waals surface area contributed by atoms with E-state index in [-0.39, 0.29) is 6.61 Å². The molecule has 2 heterocycles. The largest absolute Gasteiger partial charge is 0.392 e. The molecule has 5 heteroatoms. The lowest BCUT2D eigenvalue weighted by molar-refractivity contribution is 0.320. The number of fused-ring (bicyclic) bond motifs is 1. The maximum Gasteiger partial charge on any atom is 0.225 e. The number of nitrogens with zero attached hydrogens (tertiary/aromatic N) is 3. The van der Waals surface area contributed by atoms with Crippen molar-refractivity contribution in [3.63, 3.8) is 0 Å². The van der Waals surface area contributed by atoms with E-state index in [0.717, 1.165) is 17.2 Å². The molecule has 12 heavy (non-hydrogen) atoms. The van der Waals surface area contributed by atoms with Gasteiger partial charge in [0, 0.05) is 5.70 Å². The zero-order valence-corrected chi connectivity index (χ0v) is 6.78. The number of aromatic nitrogens is 3. The summed E-state index contributed by atoms with van der Waals surface area (Å²) in [5, 5.41) is 16.0. The average molecular weight is 166 g/mol. The van der Waals surface area contributed by atoms with Gasteiger partial charge in [-0.05, 0) is 12.5 Å². The van der Waals surface area contributed by atoms with E-state index >= 15 is 0 Å². The smallest absolute Gasteiger partial charge is 0.225 e. The van der Waals surface area contributed by atoms with Crippen LogP contribution in [-0.4, -0.2) is 26.5 Å². The van der Waals surface area contributed by atoms with Gasteiger partial charge >= 0.3 is 0 Å². The van der Waals surface area contributed by atoms with Gasteiger partial charge in [0.05, 0.1) is 13.2 Å². The second-order valence-corrected chi connectivity index (χ2v) is 2.75. The molecule has 1 aliphatic rings. The van der Waals surface area contributed by atoms with E-state index in [4.69, 9.17) is 5.11 Å². The van der Waals surface area contributed by atoms with Gasteiger partial charge < -0.3 is 10.4 Å². The van der Waals surface area contributed by atoms with Gasteiger partial charge in [-0.1, -0.05) is 0 Å². The summed E-state index contributed by atoms with van der Waals surface area (Å²) in [7, 11) is 0. The second-order valence-electron chi connectivity index (χ2n) is 2.75. The summed E-state index contributed by atoms with van der Waals surface area (Å²) in [5.41, 5.74) is 1.92. The number of anilines is 1. The minimum Gasteiger partial charge on any atom is -0.392 e. The summed E-state index contributed by atoms with van der Waals surface area (Å²) >= 11 is 0. The second kappa shape index (κ2) is 2.60. The molecule has 0 radical (unpaired) electrons. The number of allylic oxidation sites excluding steroid dienone is 1. The first-order valence-electron chi connectivity index (χ1n) is 3.75.